The lowest BCUT2D eigenvalue weighted by atomic mass is 10.1. The van der Waals surface area contributed by atoms with E-state index in [4.69, 9.17) is 5.73 Å². The number of nitrogens with one attached hydrogen (secondary N) is 1. The molecule has 1 aromatic heterocycles. The Labute approximate surface area is 159 Å². The van der Waals surface area contributed by atoms with E-state index < -0.39 is 0 Å². The molecule has 0 saturated carbocycles. The van der Waals surface area contributed by atoms with Crippen molar-refractivity contribution in [2.24, 2.45) is 17.8 Å². The van der Waals surface area contributed by atoms with Crippen LogP contribution in [0.3, 0.4) is 0 Å². The second-order valence-corrected chi connectivity index (χ2v) is 5.45. The average Bonchev–Trinajstić information content (AvgIpc) is 2.90. The summed E-state index contributed by atoms with van der Waals surface area (Å²) >= 11 is 0. The van der Waals surface area contributed by atoms with Crippen molar-refractivity contribution in [2.75, 3.05) is 5.32 Å². The van der Waals surface area contributed by atoms with Gasteiger partial charge in [0.2, 0.25) is 0 Å². The molecule has 0 saturated heterocycles. The lowest BCUT2D eigenvalue weighted by Gasteiger charge is -2.06. The third-order valence-corrected chi connectivity index (χ3v) is 3.91. The number of imidazole rings is 1. The number of rotatable bonds is 4. The number of nitrogens with two attached hydrogens (primary N) is 1. The molecule has 24 heavy (non-hydrogen) atoms. The zero-order valence-corrected chi connectivity index (χ0v) is 16.2. The third-order valence-electron chi connectivity index (χ3n) is 3.91. The fraction of sp³-hybridized carbons (Fsp3) is 0.222. The molecule has 1 heterocycles. The molecule has 0 atom stereocenters. The molecule has 5 nitrogen and oxygen atoms in total. The van der Waals surface area contributed by atoms with Crippen molar-refractivity contribution in [3.63, 3.8) is 0 Å². The van der Waals surface area contributed by atoms with Gasteiger partial charge in [0.25, 0.3) is 0 Å². The smallest absolute Gasteiger partial charge is 0.193 e. The Kier molecular flexibility index (Phi) is 6.19. The number of aryl methyl sites for hydroxylation is 2. The van der Waals surface area contributed by atoms with Gasteiger partial charge in [-0.1, -0.05) is 31.2 Å². The van der Waals surface area contributed by atoms with E-state index in [2.05, 4.69) is 34.3 Å². The highest BCUT2D eigenvalue weighted by atomic mass is 127. The normalized spacial score (nSPS) is 11.3. The van der Waals surface area contributed by atoms with E-state index in [1.54, 1.807) is 0 Å². The van der Waals surface area contributed by atoms with Crippen molar-refractivity contribution in [3.8, 4) is 0 Å². The van der Waals surface area contributed by atoms with Crippen LogP contribution < -0.4 is 11.1 Å². The third kappa shape index (κ3) is 4.05. The van der Waals surface area contributed by atoms with Crippen LogP contribution in [0.25, 0.3) is 11.0 Å². The Morgan fingerprint density at radius 2 is 1.88 bits per heavy atom. The van der Waals surface area contributed by atoms with Crippen LogP contribution in [0.5, 0.6) is 0 Å². The number of para-hydroxylation sites is 2. The molecule has 0 radical (unpaired) electrons. The maximum atomic E-state index is 5.97. The first-order chi connectivity index (χ1) is 11.2. The molecule has 3 rings (SSSR count). The number of aliphatic imine (C=N–C) groups is 1. The van der Waals surface area contributed by atoms with Crippen molar-refractivity contribution in [3.05, 3.63) is 59.9 Å². The Balaban J connectivity index is 0.00000208. The SMILES string of the molecule is CCc1ccc(NC(N)=NCc2nc3ccccc3n2C)cc1.I. The number of aromatic nitrogens is 2. The summed E-state index contributed by atoms with van der Waals surface area (Å²) < 4.78 is 2.04. The van der Waals surface area contributed by atoms with Crippen LogP contribution >= 0.6 is 24.0 Å². The van der Waals surface area contributed by atoms with Crippen molar-refractivity contribution >= 4 is 46.7 Å². The number of benzene rings is 2. The Hall–Kier alpha value is -2.09. The van der Waals surface area contributed by atoms with Gasteiger partial charge >= 0.3 is 0 Å². The number of anilines is 1. The summed E-state index contributed by atoms with van der Waals surface area (Å²) in [6.45, 7) is 2.58. The second kappa shape index (κ2) is 8.14. The molecule has 0 aliphatic heterocycles. The zero-order valence-electron chi connectivity index (χ0n) is 13.9. The molecular formula is C18H22IN5. The summed E-state index contributed by atoms with van der Waals surface area (Å²) in [5, 5.41) is 3.11. The van der Waals surface area contributed by atoms with Crippen LogP contribution in [0.1, 0.15) is 18.3 Å². The van der Waals surface area contributed by atoms with Crippen LogP contribution in [0, 0.1) is 0 Å². The van der Waals surface area contributed by atoms with Crippen molar-refractivity contribution in [1.82, 2.24) is 9.55 Å². The number of hydrogen-bond acceptors (Lipinski definition) is 2. The maximum Gasteiger partial charge on any atom is 0.193 e. The summed E-state index contributed by atoms with van der Waals surface area (Å²) in [5.74, 6) is 1.28. The summed E-state index contributed by atoms with van der Waals surface area (Å²) in [7, 11) is 1.99. The van der Waals surface area contributed by atoms with Gasteiger partial charge in [-0.05, 0) is 36.2 Å². The van der Waals surface area contributed by atoms with Gasteiger partial charge in [-0.3, -0.25) is 0 Å². The van der Waals surface area contributed by atoms with Crippen molar-refractivity contribution in [1.29, 1.82) is 0 Å². The largest absolute Gasteiger partial charge is 0.370 e. The van der Waals surface area contributed by atoms with E-state index in [-0.39, 0.29) is 24.0 Å². The monoisotopic (exact) mass is 435 g/mol. The minimum absolute atomic E-state index is 0. The lowest BCUT2D eigenvalue weighted by molar-refractivity contribution is 0.812. The number of nitrogens with zero attached hydrogens (tertiary/aromatic N) is 3. The predicted octanol–water partition coefficient (Wildman–Crippen LogP) is 3.68. The van der Waals surface area contributed by atoms with Gasteiger partial charge in [-0.15, -0.1) is 24.0 Å². The van der Waals surface area contributed by atoms with Crippen molar-refractivity contribution < 1.29 is 0 Å². The maximum absolute atomic E-state index is 5.97. The van der Waals surface area contributed by atoms with Crippen LogP contribution in [0.2, 0.25) is 0 Å². The minimum atomic E-state index is 0. The van der Waals surface area contributed by atoms with Gasteiger partial charge in [0.15, 0.2) is 5.96 Å². The van der Waals surface area contributed by atoms with Gasteiger partial charge in [-0.2, -0.15) is 0 Å². The second-order valence-electron chi connectivity index (χ2n) is 5.45. The van der Waals surface area contributed by atoms with Gasteiger partial charge in [-0.25, -0.2) is 9.98 Å². The highest BCUT2D eigenvalue weighted by Gasteiger charge is 2.06. The summed E-state index contributed by atoms with van der Waals surface area (Å²) in [6, 6.07) is 16.2. The quantitative estimate of drug-likeness (QED) is 0.373. The first kappa shape index (κ1) is 18.3. The van der Waals surface area contributed by atoms with Crippen LogP contribution in [-0.2, 0) is 20.0 Å². The van der Waals surface area contributed by atoms with Crippen LogP contribution in [0.15, 0.2) is 53.5 Å². The molecule has 0 amide bonds. The number of fused-ring (bicyclic) bond motifs is 1. The highest BCUT2D eigenvalue weighted by molar-refractivity contribution is 14.0. The molecule has 0 unspecified atom stereocenters. The molecule has 0 bridgehead atoms. The summed E-state index contributed by atoms with van der Waals surface area (Å²) in [6.07, 6.45) is 1.02. The van der Waals surface area contributed by atoms with Gasteiger partial charge in [0.1, 0.15) is 12.4 Å². The number of guanidine groups is 1. The molecule has 0 spiro atoms. The summed E-state index contributed by atoms with van der Waals surface area (Å²) in [5.41, 5.74) is 10.3. The Morgan fingerprint density at radius 1 is 1.17 bits per heavy atom. The van der Waals surface area contributed by atoms with E-state index in [1.165, 1.54) is 5.56 Å². The molecule has 3 N–H and O–H groups in total. The highest BCUT2D eigenvalue weighted by Crippen LogP contribution is 2.15. The molecule has 2 aromatic carbocycles. The molecule has 3 aromatic rings. The molecule has 0 aliphatic rings. The van der Waals surface area contributed by atoms with E-state index in [0.717, 1.165) is 29.0 Å². The van der Waals surface area contributed by atoms with E-state index in [9.17, 15) is 0 Å². The van der Waals surface area contributed by atoms with E-state index in [0.29, 0.717) is 12.5 Å². The predicted molar refractivity (Wildman–Crippen MR) is 111 cm³/mol. The molecule has 6 heteroatoms. The first-order valence-corrected chi connectivity index (χ1v) is 7.73. The van der Waals surface area contributed by atoms with Crippen molar-refractivity contribution in [2.45, 2.75) is 19.9 Å². The summed E-state index contributed by atoms with van der Waals surface area (Å²) in [4.78, 5) is 8.97. The lowest BCUT2D eigenvalue weighted by Crippen LogP contribution is -2.22. The Morgan fingerprint density at radius 3 is 2.54 bits per heavy atom. The standard InChI is InChI=1S/C18H21N5.HI/c1-3-13-8-10-14(11-9-13)21-18(19)20-12-17-22-15-6-4-5-7-16(15)23(17)2;/h4-11H,3,12H2,1-2H3,(H3,19,20,21);1H. The number of hydrogen-bond donors (Lipinski definition) is 2. The molecular weight excluding hydrogens is 413 g/mol. The van der Waals surface area contributed by atoms with E-state index >= 15 is 0 Å². The van der Waals surface area contributed by atoms with Gasteiger partial charge in [0.05, 0.1) is 11.0 Å². The fourth-order valence-corrected chi connectivity index (χ4v) is 2.50. The Bertz CT molecular complexity index is 836. The van der Waals surface area contributed by atoms with Crippen LogP contribution in [0.4, 0.5) is 5.69 Å². The topological polar surface area (TPSA) is 68.2 Å². The van der Waals surface area contributed by atoms with E-state index in [1.807, 2.05) is 48.0 Å². The van der Waals surface area contributed by atoms with Gasteiger partial charge < -0.3 is 15.6 Å². The van der Waals surface area contributed by atoms with Crippen LogP contribution in [-0.4, -0.2) is 15.5 Å². The molecule has 0 fully saturated rings. The molecule has 126 valence electrons. The van der Waals surface area contributed by atoms with Gasteiger partial charge in [0, 0.05) is 12.7 Å². The fourth-order valence-electron chi connectivity index (χ4n) is 2.50. The average molecular weight is 435 g/mol. The first-order valence-electron chi connectivity index (χ1n) is 7.73. The molecule has 0 aliphatic carbocycles. The number of halogens is 1. The zero-order chi connectivity index (χ0) is 16.2. The minimum Gasteiger partial charge on any atom is -0.370 e.